The molecule has 1 atom stereocenters. The van der Waals surface area contributed by atoms with Gasteiger partial charge in [-0.3, -0.25) is 4.79 Å². The molecule has 1 N–H and O–H groups in total. The van der Waals surface area contributed by atoms with E-state index < -0.39 is 0 Å². The molecular formula is C23H21NO2. The molecule has 3 heteroatoms. The first-order valence-corrected chi connectivity index (χ1v) is 8.80. The minimum absolute atomic E-state index is 0.0298. The van der Waals surface area contributed by atoms with E-state index in [0.29, 0.717) is 11.4 Å². The van der Waals surface area contributed by atoms with Crippen LogP contribution in [0.4, 0.5) is 5.69 Å². The van der Waals surface area contributed by atoms with Crippen LogP contribution in [0.2, 0.25) is 0 Å². The molecule has 0 bridgehead atoms. The normalized spacial score (nSPS) is 17.3. The molecule has 3 nitrogen and oxygen atoms in total. The van der Waals surface area contributed by atoms with E-state index in [-0.39, 0.29) is 17.2 Å². The Bertz CT molecular complexity index is 866. The van der Waals surface area contributed by atoms with Crippen molar-refractivity contribution >= 4 is 11.6 Å². The largest absolute Gasteiger partial charge is 0.495 e. The summed E-state index contributed by atoms with van der Waals surface area (Å²) in [6, 6.07) is 28.1. The monoisotopic (exact) mass is 343 g/mol. The molecule has 0 heterocycles. The van der Waals surface area contributed by atoms with Gasteiger partial charge in [0.25, 0.3) is 0 Å². The number of amides is 1. The topological polar surface area (TPSA) is 38.3 Å². The third-order valence-electron chi connectivity index (χ3n) is 5.22. The SMILES string of the molecule is COc1ccccc1NC(=O)[C@@H]1CC1(c1ccccc1)c1ccccc1. The van der Waals surface area contributed by atoms with E-state index >= 15 is 0 Å². The highest BCUT2D eigenvalue weighted by Crippen LogP contribution is 2.59. The van der Waals surface area contributed by atoms with Gasteiger partial charge in [-0.2, -0.15) is 0 Å². The van der Waals surface area contributed by atoms with Crippen molar-refractivity contribution < 1.29 is 9.53 Å². The maximum atomic E-state index is 13.0. The number of hydrogen-bond acceptors (Lipinski definition) is 2. The van der Waals surface area contributed by atoms with Crippen LogP contribution >= 0.6 is 0 Å². The molecule has 4 rings (SSSR count). The number of carbonyl (C=O) groups is 1. The van der Waals surface area contributed by atoms with E-state index in [0.717, 1.165) is 6.42 Å². The summed E-state index contributed by atoms with van der Waals surface area (Å²) < 4.78 is 5.35. The Morgan fingerprint density at radius 3 is 2.00 bits per heavy atom. The summed E-state index contributed by atoms with van der Waals surface area (Å²) in [4.78, 5) is 13.0. The van der Waals surface area contributed by atoms with Crippen molar-refractivity contribution in [3.8, 4) is 5.75 Å². The second-order valence-electron chi connectivity index (χ2n) is 6.65. The van der Waals surface area contributed by atoms with Crippen molar-refractivity contribution in [3.63, 3.8) is 0 Å². The summed E-state index contributed by atoms with van der Waals surface area (Å²) in [5.74, 6) is 0.603. The minimum Gasteiger partial charge on any atom is -0.495 e. The molecule has 0 saturated heterocycles. The highest BCUT2D eigenvalue weighted by molar-refractivity contribution is 5.98. The van der Waals surface area contributed by atoms with E-state index in [1.807, 2.05) is 60.7 Å². The highest BCUT2D eigenvalue weighted by Gasteiger charge is 2.60. The Kier molecular flexibility index (Phi) is 4.21. The molecule has 1 amide bonds. The second-order valence-corrected chi connectivity index (χ2v) is 6.65. The molecule has 3 aromatic carbocycles. The summed E-state index contributed by atoms with van der Waals surface area (Å²) in [7, 11) is 1.61. The van der Waals surface area contributed by atoms with E-state index in [1.165, 1.54) is 11.1 Å². The zero-order valence-electron chi connectivity index (χ0n) is 14.7. The fraction of sp³-hybridized carbons (Fsp3) is 0.174. The van der Waals surface area contributed by atoms with E-state index in [2.05, 4.69) is 29.6 Å². The Labute approximate surface area is 153 Å². The van der Waals surface area contributed by atoms with Crippen LogP contribution in [0.3, 0.4) is 0 Å². The average molecular weight is 343 g/mol. The Balaban J connectivity index is 1.66. The molecule has 0 aliphatic heterocycles. The molecule has 0 spiro atoms. The minimum atomic E-state index is -0.255. The van der Waals surface area contributed by atoms with E-state index in [9.17, 15) is 4.79 Å². The van der Waals surface area contributed by atoms with Gasteiger partial charge < -0.3 is 10.1 Å². The number of methoxy groups -OCH3 is 1. The first-order chi connectivity index (χ1) is 12.8. The first kappa shape index (κ1) is 16.4. The van der Waals surface area contributed by atoms with Crippen molar-refractivity contribution in [2.24, 2.45) is 5.92 Å². The molecule has 1 saturated carbocycles. The molecule has 1 fully saturated rings. The zero-order chi connectivity index (χ0) is 18.0. The van der Waals surface area contributed by atoms with Gasteiger partial charge >= 0.3 is 0 Å². The molecule has 3 aromatic rings. The van der Waals surface area contributed by atoms with Crippen LogP contribution in [0.1, 0.15) is 17.5 Å². The maximum absolute atomic E-state index is 13.0. The third-order valence-corrected chi connectivity index (χ3v) is 5.22. The fourth-order valence-corrected chi connectivity index (χ4v) is 3.82. The number of hydrogen-bond donors (Lipinski definition) is 1. The van der Waals surface area contributed by atoms with Crippen LogP contribution < -0.4 is 10.1 Å². The number of para-hydroxylation sites is 2. The molecule has 26 heavy (non-hydrogen) atoms. The molecule has 0 aromatic heterocycles. The van der Waals surface area contributed by atoms with Crippen LogP contribution in [0, 0.1) is 5.92 Å². The molecule has 0 unspecified atom stereocenters. The van der Waals surface area contributed by atoms with Gasteiger partial charge in [0.2, 0.25) is 5.91 Å². The van der Waals surface area contributed by atoms with Crippen molar-refractivity contribution in [2.45, 2.75) is 11.8 Å². The lowest BCUT2D eigenvalue weighted by Crippen LogP contribution is -2.22. The zero-order valence-corrected chi connectivity index (χ0v) is 14.7. The second kappa shape index (κ2) is 6.68. The van der Waals surface area contributed by atoms with Crippen molar-refractivity contribution in [3.05, 3.63) is 96.1 Å². The van der Waals surface area contributed by atoms with Crippen molar-refractivity contribution in [1.29, 1.82) is 0 Å². The lowest BCUT2D eigenvalue weighted by Gasteiger charge is -2.19. The summed E-state index contributed by atoms with van der Waals surface area (Å²) in [5.41, 5.74) is 2.83. The van der Waals surface area contributed by atoms with E-state index in [1.54, 1.807) is 7.11 Å². The summed E-state index contributed by atoms with van der Waals surface area (Å²) in [6.45, 7) is 0. The van der Waals surface area contributed by atoms with Crippen LogP contribution in [0.15, 0.2) is 84.9 Å². The molecule has 1 aliphatic carbocycles. The smallest absolute Gasteiger partial charge is 0.228 e. The first-order valence-electron chi connectivity index (χ1n) is 8.80. The van der Waals surface area contributed by atoms with Crippen LogP contribution in [0.25, 0.3) is 0 Å². The van der Waals surface area contributed by atoms with Crippen LogP contribution in [-0.2, 0) is 10.2 Å². The Morgan fingerprint density at radius 1 is 0.885 bits per heavy atom. The van der Waals surface area contributed by atoms with Gasteiger partial charge in [-0.1, -0.05) is 72.8 Å². The summed E-state index contributed by atoms with van der Waals surface area (Å²) in [6.07, 6.45) is 0.808. The lowest BCUT2D eigenvalue weighted by atomic mass is 9.85. The van der Waals surface area contributed by atoms with Crippen molar-refractivity contribution in [1.82, 2.24) is 0 Å². The standard InChI is InChI=1S/C23H21NO2/c1-26-21-15-9-8-14-20(21)24-22(25)19-16-23(19,17-10-4-2-5-11-17)18-12-6-3-7-13-18/h2-15,19H,16H2,1H3,(H,24,25)/t19-/m0/s1. The lowest BCUT2D eigenvalue weighted by molar-refractivity contribution is -0.117. The molecule has 0 radical (unpaired) electrons. The van der Waals surface area contributed by atoms with Gasteiger partial charge in [-0.05, 0) is 29.7 Å². The third kappa shape index (κ3) is 2.76. The maximum Gasteiger partial charge on any atom is 0.228 e. The van der Waals surface area contributed by atoms with Gasteiger partial charge in [0.15, 0.2) is 0 Å². The number of benzene rings is 3. The van der Waals surface area contributed by atoms with Crippen LogP contribution in [0.5, 0.6) is 5.75 Å². The van der Waals surface area contributed by atoms with Gasteiger partial charge in [0.05, 0.1) is 18.7 Å². The van der Waals surface area contributed by atoms with Crippen LogP contribution in [-0.4, -0.2) is 13.0 Å². The summed E-state index contributed by atoms with van der Waals surface area (Å²) >= 11 is 0. The highest BCUT2D eigenvalue weighted by atomic mass is 16.5. The number of anilines is 1. The number of nitrogens with one attached hydrogen (secondary N) is 1. The Morgan fingerprint density at radius 2 is 1.42 bits per heavy atom. The van der Waals surface area contributed by atoms with E-state index in [4.69, 9.17) is 4.74 Å². The average Bonchev–Trinajstić information content (AvgIpc) is 3.47. The molecule has 130 valence electrons. The Hall–Kier alpha value is -3.07. The predicted octanol–water partition coefficient (Wildman–Crippen LogP) is 4.64. The molecule has 1 aliphatic rings. The van der Waals surface area contributed by atoms with Gasteiger partial charge in [-0.25, -0.2) is 0 Å². The number of ether oxygens (including phenoxy) is 1. The summed E-state index contributed by atoms with van der Waals surface area (Å²) in [5, 5.41) is 3.05. The fourth-order valence-electron chi connectivity index (χ4n) is 3.82. The predicted molar refractivity (Wildman–Crippen MR) is 103 cm³/mol. The molecular weight excluding hydrogens is 322 g/mol. The van der Waals surface area contributed by atoms with Gasteiger partial charge in [0, 0.05) is 5.41 Å². The van der Waals surface area contributed by atoms with Crippen molar-refractivity contribution in [2.75, 3.05) is 12.4 Å². The quantitative estimate of drug-likeness (QED) is 0.733. The number of rotatable bonds is 5. The number of carbonyl (C=O) groups excluding carboxylic acids is 1. The van der Waals surface area contributed by atoms with Gasteiger partial charge in [-0.15, -0.1) is 0 Å². The van der Waals surface area contributed by atoms with Gasteiger partial charge in [0.1, 0.15) is 5.75 Å².